The van der Waals surface area contributed by atoms with Crippen molar-refractivity contribution in [2.24, 2.45) is 11.8 Å². The number of hydrogen-bond acceptors (Lipinski definition) is 6. The van der Waals surface area contributed by atoms with Crippen LogP contribution in [0.1, 0.15) is 31.0 Å². The maximum absolute atomic E-state index is 13.9. The summed E-state index contributed by atoms with van der Waals surface area (Å²) in [6.45, 7) is 5.70. The van der Waals surface area contributed by atoms with Crippen LogP contribution in [0.15, 0.2) is 42.5 Å². The minimum absolute atomic E-state index is 0.182. The van der Waals surface area contributed by atoms with Gasteiger partial charge < -0.3 is 19.1 Å². The quantitative estimate of drug-likeness (QED) is 0.524. The van der Waals surface area contributed by atoms with E-state index in [-0.39, 0.29) is 13.2 Å². The predicted molar refractivity (Wildman–Crippen MR) is 119 cm³/mol. The summed E-state index contributed by atoms with van der Waals surface area (Å²) in [6.07, 6.45) is 0. The fourth-order valence-electron chi connectivity index (χ4n) is 5.52. The minimum atomic E-state index is -1.39. The van der Waals surface area contributed by atoms with Crippen LogP contribution in [0.3, 0.4) is 0 Å². The molecule has 8 heteroatoms. The number of benzene rings is 2. The minimum Gasteiger partial charge on any atom is -0.497 e. The van der Waals surface area contributed by atoms with E-state index in [1.165, 1.54) is 4.90 Å². The zero-order valence-electron chi connectivity index (χ0n) is 19.0. The standard InChI is InChI=1S/C25H26N2O6/c1-5-32-22(28)20-18-13-33-19-12-16(31-4)10-11-17(19)21(18)27-24(30)26(23(29)25(20,27)3)15-8-6-14(2)7-9-15/h6-12,18,20-21H,5,13H2,1-4H3/t18?,20?,21?,25-/m0/s1. The van der Waals surface area contributed by atoms with Crippen molar-refractivity contribution in [3.63, 3.8) is 0 Å². The van der Waals surface area contributed by atoms with Crippen LogP contribution in [0.4, 0.5) is 10.5 Å². The van der Waals surface area contributed by atoms with E-state index in [1.807, 2.05) is 25.1 Å². The fourth-order valence-corrected chi connectivity index (χ4v) is 5.52. The van der Waals surface area contributed by atoms with E-state index in [0.717, 1.165) is 11.1 Å². The molecule has 0 aromatic heterocycles. The highest BCUT2D eigenvalue weighted by Crippen LogP contribution is 2.58. The van der Waals surface area contributed by atoms with Crippen molar-refractivity contribution in [1.82, 2.24) is 4.90 Å². The summed E-state index contributed by atoms with van der Waals surface area (Å²) in [6, 6.07) is 11.6. The van der Waals surface area contributed by atoms with Crippen LogP contribution in [0.5, 0.6) is 11.5 Å². The highest BCUT2D eigenvalue weighted by atomic mass is 16.5. The number of carbonyl (C=O) groups is 3. The van der Waals surface area contributed by atoms with E-state index in [1.54, 1.807) is 50.1 Å². The number of carbonyl (C=O) groups excluding carboxylic acids is 3. The summed E-state index contributed by atoms with van der Waals surface area (Å²) < 4.78 is 16.7. The van der Waals surface area contributed by atoms with E-state index in [0.29, 0.717) is 17.2 Å². The van der Waals surface area contributed by atoms with Gasteiger partial charge in [0.2, 0.25) is 0 Å². The van der Waals surface area contributed by atoms with E-state index in [4.69, 9.17) is 14.2 Å². The smallest absolute Gasteiger partial charge is 0.332 e. The average Bonchev–Trinajstić information content (AvgIpc) is 3.19. The molecule has 2 aromatic carbocycles. The molecule has 2 saturated heterocycles. The van der Waals surface area contributed by atoms with Crippen LogP contribution in [-0.4, -0.2) is 48.7 Å². The summed E-state index contributed by atoms with van der Waals surface area (Å²) in [4.78, 5) is 43.6. The van der Waals surface area contributed by atoms with E-state index in [9.17, 15) is 14.4 Å². The number of fused-ring (bicyclic) bond motifs is 5. The first-order valence-electron chi connectivity index (χ1n) is 11.0. The van der Waals surface area contributed by atoms with Crippen molar-refractivity contribution in [3.05, 3.63) is 53.6 Å². The number of hydrogen-bond donors (Lipinski definition) is 0. The Kier molecular flexibility index (Phi) is 4.84. The van der Waals surface area contributed by atoms with E-state index in [2.05, 4.69) is 0 Å². The zero-order valence-corrected chi connectivity index (χ0v) is 19.0. The Balaban J connectivity index is 1.66. The normalized spacial score (nSPS) is 27.6. The SMILES string of the molecule is CCOC(=O)C1C2COc3cc(OC)ccc3C2N2C(=O)N(c3ccc(C)cc3)C(=O)[C@]12C. The Bertz CT molecular complexity index is 1150. The van der Waals surface area contributed by atoms with Crippen molar-refractivity contribution < 1.29 is 28.6 Å². The summed E-state index contributed by atoms with van der Waals surface area (Å²) in [5.74, 6) is -0.993. The summed E-state index contributed by atoms with van der Waals surface area (Å²) in [7, 11) is 1.57. The second-order valence-electron chi connectivity index (χ2n) is 8.83. The monoisotopic (exact) mass is 450 g/mol. The van der Waals surface area contributed by atoms with Gasteiger partial charge in [-0.15, -0.1) is 0 Å². The van der Waals surface area contributed by atoms with Crippen molar-refractivity contribution in [1.29, 1.82) is 0 Å². The van der Waals surface area contributed by atoms with Crippen LogP contribution in [0.25, 0.3) is 0 Å². The maximum atomic E-state index is 13.9. The second kappa shape index (κ2) is 7.50. The molecule has 3 heterocycles. The molecule has 0 N–H and O–H groups in total. The highest BCUT2D eigenvalue weighted by molar-refractivity contribution is 6.24. The number of methoxy groups -OCH3 is 1. The molecule has 3 aliphatic heterocycles. The van der Waals surface area contributed by atoms with Crippen molar-refractivity contribution in [2.45, 2.75) is 32.4 Å². The maximum Gasteiger partial charge on any atom is 0.332 e. The van der Waals surface area contributed by atoms with Crippen molar-refractivity contribution >= 4 is 23.6 Å². The lowest BCUT2D eigenvalue weighted by atomic mass is 9.77. The van der Waals surface area contributed by atoms with Gasteiger partial charge in [0.1, 0.15) is 17.0 Å². The molecular formula is C25H26N2O6. The summed E-state index contributed by atoms with van der Waals surface area (Å²) in [5.41, 5.74) is 0.847. The Hall–Kier alpha value is -3.55. The molecule has 172 valence electrons. The van der Waals surface area contributed by atoms with Crippen molar-refractivity contribution in [2.75, 3.05) is 25.2 Å². The number of rotatable bonds is 4. The highest BCUT2D eigenvalue weighted by Gasteiger charge is 2.72. The Morgan fingerprint density at radius 2 is 1.91 bits per heavy atom. The molecule has 3 amide bonds. The van der Waals surface area contributed by atoms with Gasteiger partial charge in [-0.25, -0.2) is 9.69 Å². The third-order valence-electron chi connectivity index (χ3n) is 7.05. The molecule has 2 fully saturated rings. The molecule has 3 unspecified atom stereocenters. The molecule has 0 radical (unpaired) electrons. The lowest BCUT2D eigenvalue weighted by Gasteiger charge is -2.34. The number of esters is 1. The number of aryl methyl sites for hydroxylation is 1. The topological polar surface area (TPSA) is 85.4 Å². The van der Waals surface area contributed by atoms with Gasteiger partial charge >= 0.3 is 12.0 Å². The van der Waals surface area contributed by atoms with E-state index >= 15 is 0 Å². The summed E-state index contributed by atoms with van der Waals surface area (Å²) in [5, 5.41) is 0. The molecule has 8 nitrogen and oxygen atoms in total. The van der Waals surface area contributed by atoms with Crippen LogP contribution in [0.2, 0.25) is 0 Å². The van der Waals surface area contributed by atoms with Gasteiger partial charge in [0.25, 0.3) is 5.91 Å². The number of ether oxygens (including phenoxy) is 3. The average molecular weight is 450 g/mol. The molecule has 2 aromatic rings. The lowest BCUT2D eigenvalue weighted by Crippen LogP contribution is -2.51. The van der Waals surface area contributed by atoms with Gasteiger partial charge in [-0.2, -0.15) is 0 Å². The molecule has 3 aliphatic rings. The predicted octanol–water partition coefficient (Wildman–Crippen LogP) is 3.47. The zero-order chi connectivity index (χ0) is 23.5. The van der Waals surface area contributed by atoms with Gasteiger partial charge in [0.15, 0.2) is 0 Å². The van der Waals surface area contributed by atoms with Crippen LogP contribution in [-0.2, 0) is 14.3 Å². The van der Waals surface area contributed by atoms with Gasteiger partial charge in [-0.05, 0) is 45.0 Å². The van der Waals surface area contributed by atoms with Gasteiger partial charge in [-0.3, -0.25) is 9.59 Å². The molecular weight excluding hydrogens is 424 g/mol. The van der Waals surface area contributed by atoms with Crippen LogP contribution >= 0.6 is 0 Å². The molecule has 0 bridgehead atoms. The molecule has 4 atom stereocenters. The number of nitrogens with zero attached hydrogens (tertiary/aromatic N) is 2. The number of imide groups is 1. The first-order valence-corrected chi connectivity index (χ1v) is 11.0. The van der Waals surface area contributed by atoms with Gasteiger partial charge in [-0.1, -0.05) is 17.7 Å². The third kappa shape index (κ3) is 2.86. The molecule has 0 saturated carbocycles. The lowest BCUT2D eigenvalue weighted by molar-refractivity contribution is -0.154. The first-order chi connectivity index (χ1) is 15.8. The largest absolute Gasteiger partial charge is 0.497 e. The van der Waals surface area contributed by atoms with Crippen molar-refractivity contribution in [3.8, 4) is 11.5 Å². The molecule has 33 heavy (non-hydrogen) atoms. The van der Waals surface area contributed by atoms with Crippen LogP contribution in [0, 0.1) is 18.8 Å². The molecule has 0 aliphatic carbocycles. The number of urea groups is 1. The number of anilines is 1. The summed E-state index contributed by atoms with van der Waals surface area (Å²) >= 11 is 0. The Labute approximate surface area is 192 Å². The fraction of sp³-hybridized carbons (Fsp3) is 0.400. The molecule has 0 spiro atoms. The third-order valence-corrected chi connectivity index (χ3v) is 7.05. The van der Waals surface area contributed by atoms with Gasteiger partial charge in [0.05, 0.1) is 38.0 Å². The first kappa shape index (κ1) is 21.3. The Morgan fingerprint density at radius 1 is 1.18 bits per heavy atom. The van der Waals surface area contributed by atoms with E-state index < -0.39 is 41.3 Å². The van der Waals surface area contributed by atoms with Crippen LogP contribution < -0.4 is 14.4 Å². The Morgan fingerprint density at radius 3 is 2.58 bits per heavy atom. The second-order valence-corrected chi connectivity index (χ2v) is 8.83. The molecule has 5 rings (SSSR count). The van der Waals surface area contributed by atoms with Gasteiger partial charge in [0, 0.05) is 17.5 Å². The number of amides is 3.